The van der Waals surface area contributed by atoms with Crippen molar-refractivity contribution >= 4 is 12.0 Å². The van der Waals surface area contributed by atoms with Gasteiger partial charge in [0.15, 0.2) is 6.29 Å². The summed E-state index contributed by atoms with van der Waals surface area (Å²) in [4.78, 5) is 26.0. The first-order valence-electron chi connectivity index (χ1n) is 11.4. The highest BCUT2D eigenvalue weighted by Gasteiger charge is 2.44. The third-order valence-corrected chi connectivity index (χ3v) is 6.02. The van der Waals surface area contributed by atoms with Gasteiger partial charge >= 0.3 is 0 Å². The van der Waals surface area contributed by atoms with Crippen molar-refractivity contribution in [3.05, 3.63) is 113 Å². The van der Waals surface area contributed by atoms with Gasteiger partial charge in [0, 0.05) is 35.7 Å². The van der Waals surface area contributed by atoms with E-state index in [-0.39, 0.29) is 25.0 Å². The van der Waals surface area contributed by atoms with Gasteiger partial charge in [-0.25, -0.2) is 4.98 Å². The van der Waals surface area contributed by atoms with Crippen molar-refractivity contribution in [1.29, 1.82) is 0 Å². The predicted molar refractivity (Wildman–Crippen MR) is 131 cm³/mol. The highest BCUT2D eigenvalue weighted by molar-refractivity contribution is 5.87. The Labute approximate surface area is 207 Å². The number of nitrogens with zero attached hydrogens (tertiary/aromatic N) is 3. The number of nitro groups is 1. The van der Waals surface area contributed by atoms with E-state index < -0.39 is 10.7 Å². The van der Waals surface area contributed by atoms with E-state index in [9.17, 15) is 14.9 Å². The van der Waals surface area contributed by atoms with Gasteiger partial charge < -0.3 is 18.8 Å². The van der Waals surface area contributed by atoms with Crippen LogP contribution in [0.25, 0.3) is 11.1 Å². The van der Waals surface area contributed by atoms with E-state index in [0.717, 1.165) is 17.4 Å². The molecule has 3 aromatic carbocycles. The van der Waals surface area contributed by atoms with E-state index in [1.54, 1.807) is 36.9 Å². The number of hydrogen-bond donors (Lipinski definition) is 0. The van der Waals surface area contributed by atoms with Crippen LogP contribution >= 0.6 is 0 Å². The highest BCUT2D eigenvalue weighted by atomic mass is 16.8. The number of benzene rings is 3. The molecule has 0 saturated carbocycles. The summed E-state index contributed by atoms with van der Waals surface area (Å²) in [5.41, 5.74) is 3.07. The molecule has 1 fully saturated rings. The molecule has 0 bridgehead atoms. The molecular formula is C27H23N3O6. The summed E-state index contributed by atoms with van der Waals surface area (Å²) in [5.74, 6) is -0.472. The number of ether oxygens (including phenoxy) is 3. The molecule has 1 aliphatic heterocycles. The summed E-state index contributed by atoms with van der Waals surface area (Å²) in [7, 11) is 0. The van der Waals surface area contributed by atoms with Gasteiger partial charge in [0.1, 0.15) is 18.5 Å². The minimum atomic E-state index is -1.13. The Morgan fingerprint density at radius 1 is 1.11 bits per heavy atom. The zero-order chi connectivity index (χ0) is 25.0. The molecule has 2 heterocycles. The van der Waals surface area contributed by atoms with Crippen molar-refractivity contribution in [2.24, 2.45) is 0 Å². The van der Waals surface area contributed by atoms with Crippen LogP contribution in [0.1, 0.15) is 15.9 Å². The largest absolute Gasteiger partial charge is 0.491 e. The molecular weight excluding hydrogens is 462 g/mol. The summed E-state index contributed by atoms with van der Waals surface area (Å²) in [5, 5.41) is 11.1. The number of imidazole rings is 1. The second-order valence-electron chi connectivity index (χ2n) is 8.38. The van der Waals surface area contributed by atoms with E-state index >= 15 is 0 Å². The van der Waals surface area contributed by atoms with E-state index in [2.05, 4.69) is 4.98 Å². The topological polar surface area (TPSA) is 106 Å². The van der Waals surface area contributed by atoms with Gasteiger partial charge in [-0.05, 0) is 35.4 Å². The lowest BCUT2D eigenvalue weighted by atomic mass is 10.0. The summed E-state index contributed by atoms with van der Waals surface area (Å²) >= 11 is 0. The lowest BCUT2D eigenvalue weighted by Gasteiger charge is -2.29. The van der Waals surface area contributed by atoms with Gasteiger partial charge in [-0.3, -0.25) is 14.9 Å². The quantitative estimate of drug-likeness (QED) is 0.193. The zero-order valence-electron chi connectivity index (χ0n) is 19.2. The molecule has 1 aromatic heterocycles. The van der Waals surface area contributed by atoms with Gasteiger partial charge in [0.25, 0.3) is 5.69 Å². The fourth-order valence-corrected chi connectivity index (χ4v) is 4.21. The third kappa shape index (κ3) is 4.88. The van der Waals surface area contributed by atoms with Crippen molar-refractivity contribution in [1.82, 2.24) is 9.55 Å². The van der Waals surface area contributed by atoms with Crippen LogP contribution in [0.3, 0.4) is 0 Å². The third-order valence-electron chi connectivity index (χ3n) is 6.02. The van der Waals surface area contributed by atoms with Crippen LogP contribution in [0.5, 0.6) is 5.75 Å². The normalized spacial score (nSPS) is 19.2. The van der Waals surface area contributed by atoms with Crippen LogP contribution in [-0.4, -0.2) is 40.1 Å². The standard InChI is InChI=1S/C27H23N3O6/c31-15-21-3-1-2-4-26(21)20-5-11-24(12-6-20)34-16-25-17-35-27(36-25,18-29-14-13-28-19-29)22-7-9-23(10-8-22)30(32)33/h1-15,19,25H,16-18H2. The number of rotatable bonds is 9. The first-order valence-corrected chi connectivity index (χ1v) is 11.4. The van der Waals surface area contributed by atoms with Crippen LogP contribution in [0.4, 0.5) is 5.69 Å². The summed E-state index contributed by atoms with van der Waals surface area (Å²) in [6.07, 6.45) is 5.61. The van der Waals surface area contributed by atoms with Crippen LogP contribution in [0, 0.1) is 10.1 Å². The van der Waals surface area contributed by atoms with Gasteiger partial charge in [0.2, 0.25) is 5.79 Å². The Hall–Kier alpha value is -4.34. The first kappa shape index (κ1) is 23.4. The number of carbonyl (C=O) groups is 1. The minimum Gasteiger partial charge on any atom is -0.491 e. The molecule has 2 atom stereocenters. The number of non-ortho nitro benzene ring substituents is 1. The van der Waals surface area contributed by atoms with Crippen molar-refractivity contribution in [3.63, 3.8) is 0 Å². The predicted octanol–water partition coefficient (Wildman–Crippen LogP) is 4.62. The maximum absolute atomic E-state index is 11.3. The number of aromatic nitrogens is 2. The van der Waals surface area contributed by atoms with Gasteiger partial charge in [-0.2, -0.15) is 0 Å². The Kier molecular flexibility index (Phi) is 6.57. The summed E-state index contributed by atoms with van der Waals surface area (Å²) in [6.45, 7) is 0.867. The Morgan fingerprint density at radius 2 is 1.89 bits per heavy atom. The fourth-order valence-electron chi connectivity index (χ4n) is 4.21. The second kappa shape index (κ2) is 10.1. The van der Waals surface area contributed by atoms with Crippen LogP contribution < -0.4 is 4.74 Å². The van der Waals surface area contributed by atoms with Crippen molar-refractivity contribution in [2.75, 3.05) is 13.2 Å². The number of nitro benzene ring substituents is 1. The van der Waals surface area contributed by atoms with Crippen LogP contribution in [0.2, 0.25) is 0 Å². The van der Waals surface area contributed by atoms with Crippen LogP contribution in [-0.2, 0) is 21.8 Å². The van der Waals surface area contributed by atoms with Gasteiger partial charge in [0.05, 0.1) is 24.4 Å². The minimum absolute atomic E-state index is 0.00590. The maximum atomic E-state index is 11.3. The molecule has 0 amide bonds. The summed E-state index contributed by atoms with van der Waals surface area (Å²) < 4.78 is 20.3. The van der Waals surface area contributed by atoms with Gasteiger partial charge in [-0.1, -0.05) is 36.4 Å². The monoisotopic (exact) mass is 485 g/mol. The summed E-state index contributed by atoms with van der Waals surface area (Å²) in [6, 6.07) is 21.1. The molecule has 36 heavy (non-hydrogen) atoms. The molecule has 2 unspecified atom stereocenters. The Balaban J connectivity index is 1.28. The van der Waals surface area contributed by atoms with E-state index in [1.807, 2.05) is 47.0 Å². The lowest BCUT2D eigenvalue weighted by Crippen LogP contribution is -2.34. The SMILES string of the molecule is O=Cc1ccccc1-c1ccc(OCC2COC(Cn3ccnc3)(c3ccc([N+](=O)[O-])cc3)O2)cc1. The van der Waals surface area contributed by atoms with E-state index in [1.165, 1.54) is 12.1 Å². The number of hydrogen-bond acceptors (Lipinski definition) is 7. The molecule has 0 N–H and O–H groups in total. The maximum Gasteiger partial charge on any atom is 0.269 e. The Morgan fingerprint density at radius 3 is 2.58 bits per heavy atom. The molecule has 0 spiro atoms. The molecule has 9 nitrogen and oxygen atoms in total. The van der Waals surface area contributed by atoms with Gasteiger partial charge in [-0.15, -0.1) is 0 Å². The smallest absolute Gasteiger partial charge is 0.269 e. The van der Waals surface area contributed by atoms with Crippen molar-refractivity contribution in [2.45, 2.75) is 18.4 Å². The molecule has 9 heteroatoms. The molecule has 0 aliphatic carbocycles. The lowest BCUT2D eigenvalue weighted by molar-refractivity contribution is -0.384. The molecule has 0 radical (unpaired) electrons. The number of aldehydes is 1. The molecule has 4 aromatic rings. The highest BCUT2D eigenvalue weighted by Crippen LogP contribution is 2.37. The van der Waals surface area contributed by atoms with Crippen LogP contribution in [0.15, 0.2) is 91.5 Å². The van der Waals surface area contributed by atoms with Crippen molar-refractivity contribution < 1.29 is 23.9 Å². The number of carbonyl (C=O) groups excluding carboxylic acids is 1. The average Bonchev–Trinajstić information content (AvgIpc) is 3.58. The zero-order valence-corrected chi connectivity index (χ0v) is 19.2. The molecule has 1 saturated heterocycles. The second-order valence-corrected chi connectivity index (χ2v) is 8.38. The fraction of sp³-hybridized carbons (Fsp3) is 0.185. The van der Waals surface area contributed by atoms with E-state index in [4.69, 9.17) is 14.2 Å². The average molecular weight is 485 g/mol. The Bertz CT molecular complexity index is 1340. The molecule has 5 rings (SSSR count). The van der Waals surface area contributed by atoms with Crippen molar-refractivity contribution in [3.8, 4) is 16.9 Å². The van der Waals surface area contributed by atoms with E-state index in [0.29, 0.717) is 23.4 Å². The first-order chi connectivity index (χ1) is 17.6. The molecule has 1 aliphatic rings. The molecule has 182 valence electrons.